The molecule has 0 fully saturated rings. The number of nitrogens with zero attached hydrogens (tertiary/aromatic N) is 1. The Bertz CT molecular complexity index is 138. The highest BCUT2D eigenvalue weighted by molar-refractivity contribution is 5.88. The van der Waals surface area contributed by atoms with Crippen LogP contribution in [0.5, 0.6) is 0 Å². The second-order valence-electron chi connectivity index (χ2n) is 1.80. The molecule has 0 aliphatic heterocycles. The van der Waals surface area contributed by atoms with Crippen LogP contribution in [0.2, 0.25) is 0 Å². The molecule has 2 N–H and O–H groups in total. The van der Waals surface area contributed by atoms with Gasteiger partial charge in [0.15, 0.2) is 0 Å². The number of rotatable bonds is 4. The fraction of sp³-hybridized carbons (Fsp3) is 0.429. The lowest BCUT2D eigenvalue weighted by Gasteiger charge is -2.00. The number of hydrogen-bond donors (Lipinski definition) is 2. The minimum absolute atomic E-state index is 0.799. The van der Waals surface area contributed by atoms with Crippen LogP contribution in [0.25, 0.3) is 0 Å². The highest BCUT2D eigenvalue weighted by Crippen LogP contribution is 1.87. The summed E-state index contributed by atoms with van der Waals surface area (Å²) in [6.07, 6.45) is 4.48. The van der Waals surface area contributed by atoms with Gasteiger partial charge in [-0.05, 0) is 12.6 Å². The van der Waals surface area contributed by atoms with E-state index < -0.39 is 0 Å². The lowest BCUT2D eigenvalue weighted by Crippen LogP contribution is -2.16. The van der Waals surface area contributed by atoms with Crippen LogP contribution >= 0.6 is 0 Å². The predicted octanol–water partition coefficient (Wildman–Crippen LogP) is 1.53. The molecule has 0 amide bonds. The SMILES string of the molecule is C=CN/C(CCC)=N/C=N. The van der Waals surface area contributed by atoms with E-state index in [-0.39, 0.29) is 0 Å². The van der Waals surface area contributed by atoms with Crippen molar-refractivity contribution < 1.29 is 0 Å². The standard InChI is InChI=1S/C7H13N3/c1-3-5-7(9-4-2)10-6-8/h4,6H,2-3,5H2,1H3,(H2,8,9,10). The first-order valence-corrected chi connectivity index (χ1v) is 3.28. The Morgan fingerprint density at radius 2 is 2.50 bits per heavy atom. The van der Waals surface area contributed by atoms with E-state index in [0.29, 0.717) is 0 Å². The average molecular weight is 139 g/mol. The quantitative estimate of drug-likeness (QED) is 0.450. The molecule has 10 heavy (non-hydrogen) atoms. The van der Waals surface area contributed by atoms with Crippen molar-refractivity contribution in [3.63, 3.8) is 0 Å². The van der Waals surface area contributed by atoms with Gasteiger partial charge in [0.25, 0.3) is 0 Å². The molecule has 56 valence electrons. The minimum atomic E-state index is 0.799. The van der Waals surface area contributed by atoms with Crippen LogP contribution in [-0.4, -0.2) is 12.2 Å². The van der Waals surface area contributed by atoms with Gasteiger partial charge < -0.3 is 5.32 Å². The zero-order valence-electron chi connectivity index (χ0n) is 6.22. The van der Waals surface area contributed by atoms with E-state index in [0.717, 1.165) is 25.0 Å². The molecule has 0 aromatic rings. The van der Waals surface area contributed by atoms with Crippen molar-refractivity contribution in [1.82, 2.24) is 5.32 Å². The van der Waals surface area contributed by atoms with Crippen LogP contribution in [0.15, 0.2) is 17.8 Å². The molecular weight excluding hydrogens is 126 g/mol. The molecule has 0 heterocycles. The first-order chi connectivity index (χ1) is 4.85. The third kappa shape index (κ3) is 3.83. The second-order valence-corrected chi connectivity index (χ2v) is 1.80. The van der Waals surface area contributed by atoms with Gasteiger partial charge in [-0.2, -0.15) is 0 Å². The van der Waals surface area contributed by atoms with E-state index in [1.807, 2.05) is 0 Å². The normalized spacial score (nSPS) is 10.7. The molecule has 0 saturated carbocycles. The molecule has 0 unspecified atom stereocenters. The molecule has 3 heteroatoms. The zero-order valence-corrected chi connectivity index (χ0v) is 6.22. The van der Waals surface area contributed by atoms with Crippen molar-refractivity contribution in [3.8, 4) is 0 Å². The van der Waals surface area contributed by atoms with Gasteiger partial charge in [0.2, 0.25) is 0 Å². The minimum Gasteiger partial charge on any atom is -0.351 e. The maximum Gasteiger partial charge on any atom is 0.109 e. The van der Waals surface area contributed by atoms with Gasteiger partial charge in [0.1, 0.15) is 12.2 Å². The molecule has 0 radical (unpaired) electrons. The van der Waals surface area contributed by atoms with Crippen molar-refractivity contribution in [1.29, 1.82) is 5.41 Å². The van der Waals surface area contributed by atoms with Crippen LogP contribution in [-0.2, 0) is 0 Å². The van der Waals surface area contributed by atoms with Gasteiger partial charge in [0.05, 0.1) is 0 Å². The number of nitrogens with one attached hydrogen (secondary N) is 2. The molecule has 0 aliphatic rings. The Hall–Kier alpha value is -1.12. The van der Waals surface area contributed by atoms with Crippen LogP contribution in [0.1, 0.15) is 19.8 Å². The van der Waals surface area contributed by atoms with Crippen molar-refractivity contribution in [2.45, 2.75) is 19.8 Å². The van der Waals surface area contributed by atoms with Gasteiger partial charge in [-0.1, -0.05) is 13.5 Å². The van der Waals surface area contributed by atoms with Crippen LogP contribution in [0.3, 0.4) is 0 Å². The first-order valence-electron chi connectivity index (χ1n) is 3.28. The van der Waals surface area contributed by atoms with E-state index in [1.165, 1.54) is 0 Å². The zero-order chi connectivity index (χ0) is 7.82. The third-order valence-electron chi connectivity index (χ3n) is 0.976. The molecule has 0 rings (SSSR count). The first kappa shape index (κ1) is 8.88. The molecule has 0 aromatic carbocycles. The summed E-state index contributed by atoms with van der Waals surface area (Å²) in [5.74, 6) is 0.799. The smallest absolute Gasteiger partial charge is 0.109 e. The molecule has 0 spiro atoms. The van der Waals surface area contributed by atoms with Crippen molar-refractivity contribution >= 4 is 12.2 Å². The highest BCUT2D eigenvalue weighted by atomic mass is 15.0. The molecule has 3 nitrogen and oxygen atoms in total. The second kappa shape index (κ2) is 6.01. The maximum absolute atomic E-state index is 6.70. The van der Waals surface area contributed by atoms with Crippen molar-refractivity contribution in [2.24, 2.45) is 4.99 Å². The Morgan fingerprint density at radius 1 is 1.80 bits per heavy atom. The Morgan fingerprint density at radius 3 is 2.90 bits per heavy atom. The van der Waals surface area contributed by atoms with Gasteiger partial charge in [-0.25, -0.2) is 4.99 Å². The highest BCUT2D eigenvalue weighted by Gasteiger charge is 1.90. The van der Waals surface area contributed by atoms with Crippen LogP contribution in [0.4, 0.5) is 0 Å². The number of amidine groups is 1. The monoisotopic (exact) mass is 139 g/mol. The summed E-state index contributed by atoms with van der Waals surface area (Å²) in [6.45, 7) is 5.56. The molecule has 0 atom stereocenters. The van der Waals surface area contributed by atoms with Crippen molar-refractivity contribution in [2.75, 3.05) is 0 Å². The largest absolute Gasteiger partial charge is 0.351 e. The number of aliphatic imine (C=N–C) groups is 1. The van der Waals surface area contributed by atoms with Gasteiger partial charge in [0, 0.05) is 6.42 Å². The summed E-state index contributed by atoms with van der Waals surface area (Å²) in [4.78, 5) is 3.78. The Balaban J connectivity index is 3.82. The Labute approximate surface area is 61.4 Å². The lowest BCUT2D eigenvalue weighted by atomic mass is 10.3. The summed E-state index contributed by atoms with van der Waals surface area (Å²) in [5.41, 5.74) is 0. The number of hydrogen-bond acceptors (Lipinski definition) is 1. The van der Waals surface area contributed by atoms with E-state index >= 15 is 0 Å². The van der Waals surface area contributed by atoms with E-state index in [2.05, 4.69) is 23.8 Å². The Kier molecular flexibility index (Phi) is 5.33. The molecule has 0 saturated heterocycles. The van der Waals surface area contributed by atoms with Gasteiger partial charge in [-0.3, -0.25) is 5.41 Å². The van der Waals surface area contributed by atoms with Crippen LogP contribution < -0.4 is 5.32 Å². The lowest BCUT2D eigenvalue weighted by molar-refractivity contribution is 0.961. The fourth-order valence-corrected chi connectivity index (χ4v) is 0.607. The molecule has 0 aromatic heterocycles. The average Bonchev–Trinajstić information content (AvgIpc) is 1.90. The van der Waals surface area contributed by atoms with E-state index in [4.69, 9.17) is 5.41 Å². The van der Waals surface area contributed by atoms with Crippen LogP contribution in [0, 0.1) is 5.41 Å². The summed E-state index contributed by atoms with van der Waals surface area (Å²) >= 11 is 0. The van der Waals surface area contributed by atoms with Gasteiger partial charge in [-0.15, -0.1) is 0 Å². The molecule has 0 aliphatic carbocycles. The maximum atomic E-state index is 6.70. The summed E-state index contributed by atoms with van der Waals surface area (Å²) < 4.78 is 0. The fourth-order valence-electron chi connectivity index (χ4n) is 0.607. The predicted molar refractivity (Wildman–Crippen MR) is 44.5 cm³/mol. The third-order valence-corrected chi connectivity index (χ3v) is 0.976. The molecule has 0 bridgehead atoms. The van der Waals surface area contributed by atoms with Crippen molar-refractivity contribution in [3.05, 3.63) is 12.8 Å². The summed E-state index contributed by atoms with van der Waals surface area (Å²) in [7, 11) is 0. The topological polar surface area (TPSA) is 48.2 Å². The van der Waals surface area contributed by atoms with E-state index in [9.17, 15) is 0 Å². The molecular formula is C7H13N3. The van der Waals surface area contributed by atoms with Gasteiger partial charge >= 0.3 is 0 Å². The summed E-state index contributed by atoms with van der Waals surface area (Å²) in [6, 6.07) is 0. The van der Waals surface area contributed by atoms with E-state index in [1.54, 1.807) is 6.20 Å². The summed E-state index contributed by atoms with van der Waals surface area (Å²) in [5, 5.41) is 9.55.